The van der Waals surface area contributed by atoms with Gasteiger partial charge in [0.1, 0.15) is 0 Å². The van der Waals surface area contributed by atoms with Crippen LogP contribution < -0.4 is 10.6 Å². The van der Waals surface area contributed by atoms with Gasteiger partial charge in [0.2, 0.25) is 5.95 Å². The number of carbonyl (C=O) groups is 2. The van der Waals surface area contributed by atoms with Crippen molar-refractivity contribution in [2.45, 2.75) is 31.8 Å². The maximum atomic E-state index is 13.9. The molecule has 41 heavy (non-hydrogen) atoms. The molecule has 0 bridgehead atoms. The number of halogens is 7. The molecule has 8 nitrogen and oxygen atoms in total. The van der Waals surface area contributed by atoms with Gasteiger partial charge in [0.25, 0.3) is 21.9 Å². The average molecular weight is 608 g/mol. The average Bonchev–Trinajstić information content (AvgIpc) is 2.82. The van der Waals surface area contributed by atoms with Crippen LogP contribution in [0.5, 0.6) is 0 Å². The van der Waals surface area contributed by atoms with Crippen molar-refractivity contribution in [3.63, 3.8) is 0 Å². The third kappa shape index (κ3) is 6.65. The van der Waals surface area contributed by atoms with E-state index >= 15 is 0 Å². The summed E-state index contributed by atoms with van der Waals surface area (Å²) in [6.45, 7) is 2.20. The van der Waals surface area contributed by atoms with Crippen LogP contribution in [-0.2, 0) is 19.9 Å². The van der Waals surface area contributed by atoms with Gasteiger partial charge in [-0.25, -0.2) is 9.17 Å². The van der Waals surface area contributed by atoms with Gasteiger partial charge in [-0.2, -0.15) is 39.2 Å². The second-order valence-electron chi connectivity index (χ2n) is 8.78. The molecular weight excluding hydrogens is 587 g/mol. The maximum absolute atomic E-state index is 13.9. The lowest BCUT2D eigenvalue weighted by Crippen LogP contribution is -2.56. The molecule has 2 amide bonds. The molecule has 0 spiro atoms. The van der Waals surface area contributed by atoms with Gasteiger partial charge in [0.05, 0.1) is 11.8 Å². The van der Waals surface area contributed by atoms with E-state index in [1.807, 2.05) is 0 Å². The molecule has 1 heterocycles. The lowest BCUT2D eigenvalue weighted by atomic mass is 9.89. The van der Waals surface area contributed by atoms with E-state index in [4.69, 9.17) is 0 Å². The van der Waals surface area contributed by atoms with E-state index in [9.17, 15) is 48.7 Å². The zero-order chi connectivity index (χ0) is 31.0. The Balaban J connectivity index is 1.96. The lowest BCUT2D eigenvalue weighted by molar-refractivity contribution is -0.364. The van der Waals surface area contributed by atoms with Gasteiger partial charge in [-0.3, -0.25) is 9.59 Å². The van der Waals surface area contributed by atoms with E-state index in [1.165, 1.54) is 36.4 Å². The van der Waals surface area contributed by atoms with Crippen molar-refractivity contribution in [1.82, 2.24) is 4.98 Å². The fraction of sp³-hybridized carbons (Fsp3) is 0.240. The number of amides is 2. The Bertz CT molecular complexity index is 1570. The highest BCUT2D eigenvalue weighted by Gasteiger charge is 2.75. The summed E-state index contributed by atoms with van der Waals surface area (Å²) >= 11 is 0. The number of aromatic nitrogens is 1. The fourth-order valence-electron chi connectivity index (χ4n) is 3.90. The van der Waals surface area contributed by atoms with Crippen LogP contribution in [-0.4, -0.2) is 43.8 Å². The van der Waals surface area contributed by atoms with Gasteiger partial charge in [0.15, 0.2) is 0 Å². The first-order chi connectivity index (χ1) is 18.8. The van der Waals surface area contributed by atoms with Crippen LogP contribution in [0.2, 0.25) is 0 Å². The molecule has 2 aromatic carbocycles. The predicted molar refractivity (Wildman–Crippen MR) is 132 cm³/mol. The molecule has 0 unspecified atom stereocenters. The van der Waals surface area contributed by atoms with E-state index in [-0.39, 0.29) is 39.9 Å². The van der Waals surface area contributed by atoms with Crippen molar-refractivity contribution >= 4 is 33.3 Å². The van der Waals surface area contributed by atoms with Crippen LogP contribution in [0.1, 0.15) is 37.4 Å². The summed E-state index contributed by atoms with van der Waals surface area (Å²) in [5, 5.41) is 4.75. The van der Waals surface area contributed by atoms with Gasteiger partial charge in [-0.15, -0.1) is 0 Å². The molecule has 0 fully saturated rings. The number of carbonyl (C=O) groups excluding carboxylic acids is 2. The molecule has 3 rings (SSSR count). The minimum atomic E-state index is -6.25. The first-order valence-corrected chi connectivity index (χ1v) is 13.1. The molecule has 0 saturated heterocycles. The number of anilines is 2. The van der Waals surface area contributed by atoms with Gasteiger partial charge in [-0.05, 0) is 55.3 Å². The molecule has 3 aromatic rings. The van der Waals surface area contributed by atoms with Crippen molar-refractivity contribution in [2.75, 3.05) is 16.9 Å². The van der Waals surface area contributed by atoms with Crippen LogP contribution in [0.25, 0.3) is 0 Å². The molecular formula is C25H20F7N3O5S. The SMILES string of the molecule is Cc1cc(C(OS(C)(=O)=O)(C(F)(F)F)C(F)(F)F)cc(C)c1NC(=O)c1cccc(NC(=O)c2cccnc2F)c1. The summed E-state index contributed by atoms with van der Waals surface area (Å²) in [4.78, 5) is 28.6. The van der Waals surface area contributed by atoms with Crippen molar-refractivity contribution in [3.05, 3.63) is 88.5 Å². The summed E-state index contributed by atoms with van der Waals surface area (Å²) in [7, 11) is -5.28. The monoisotopic (exact) mass is 607 g/mol. The number of rotatable bonds is 7. The Kier molecular flexibility index (Phi) is 8.51. The van der Waals surface area contributed by atoms with Crippen molar-refractivity contribution in [2.24, 2.45) is 0 Å². The summed E-state index contributed by atoms with van der Waals surface area (Å²) in [6, 6.07) is 8.56. The molecule has 0 aliphatic carbocycles. The Morgan fingerprint density at radius 2 is 1.44 bits per heavy atom. The standard InChI is InChI=1S/C25H20F7N3O5S/c1-13-10-16(23(24(27,28)29,25(30,31)32)40-41(3,38)39)11-14(2)19(13)35-21(36)15-6-4-7-17(12-15)34-22(37)18-8-5-9-33-20(18)26/h4-12H,1-3H3,(H,34,37)(H,35,36). The Labute approximate surface area is 228 Å². The van der Waals surface area contributed by atoms with Crippen LogP contribution in [0.3, 0.4) is 0 Å². The van der Waals surface area contributed by atoms with Gasteiger partial charge >= 0.3 is 18.0 Å². The number of nitrogens with zero attached hydrogens (tertiary/aromatic N) is 1. The Hall–Kier alpha value is -4.05. The number of aryl methyl sites for hydroxylation is 2. The number of alkyl halides is 6. The zero-order valence-corrected chi connectivity index (χ0v) is 22.1. The summed E-state index contributed by atoms with van der Waals surface area (Å²) in [5.41, 5.74) is -7.90. The minimum absolute atomic E-state index is 0.0529. The predicted octanol–water partition coefficient (Wildman–Crippen LogP) is 5.64. The van der Waals surface area contributed by atoms with Gasteiger partial charge in [0, 0.05) is 28.7 Å². The van der Waals surface area contributed by atoms with Crippen LogP contribution in [0.4, 0.5) is 42.1 Å². The number of benzene rings is 2. The highest BCUT2D eigenvalue weighted by molar-refractivity contribution is 7.86. The van der Waals surface area contributed by atoms with Crippen LogP contribution in [0.15, 0.2) is 54.7 Å². The quantitative estimate of drug-likeness (QED) is 0.204. The fourth-order valence-corrected chi connectivity index (χ4v) is 4.64. The molecule has 0 saturated carbocycles. The number of hydrogen-bond acceptors (Lipinski definition) is 6. The second kappa shape index (κ2) is 11.1. The third-order valence-corrected chi connectivity index (χ3v) is 6.19. The molecule has 0 aliphatic heterocycles. The van der Waals surface area contributed by atoms with E-state index in [1.54, 1.807) is 0 Å². The zero-order valence-electron chi connectivity index (χ0n) is 21.2. The van der Waals surface area contributed by atoms with Crippen LogP contribution in [0, 0.1) is 19.8 Å². The smallest absolute Gasteiger partial charge is 0.322 e. The van der Waals surface area contributed by atoms with Gasteiger partial charge in [-0.1, -0.05) is 18.2 Å². The van der Waals surface area contributed by atoms with E-state index in [0.29, 0.717) is 12.1 Å². The first-order valence-electron chi connectivity index (χ1n) is 11.3. The first kappa shape index (κ1) is 31.5. The molecule has 1 aromatic heterocycles. The maximum Gasteiger partial charge on any atom is 0.432 e. The lowest BCUT2D eigenvalue weighted by Gasteiger charge is -2.36. The van der Waals surface area contributed by atoms with Crippen molar-refractivity contribution in [1.29, 1.82) is 0 Å². The Morgan fingerprint density at radius 1 is 0.854 bits per heavy atom. The Morgan fingerprint density at radius 3 is 1.95 bits per heavy atom. The topological polar surface area (TPSA) is 114 Å². The normalized spacial score (nSPS) is 12.6. The number of hydrogen-bond donors (Lipinski definition) is 2. The second-order valence-corrected chi connectivity index (χ2v) is 10.4. The van der Waals surface area contributed by atoms with E-state index in [2.05, 4.69) is 19.8 Å². The number of pyridine rings is 1. The van der Waals surface area contributed by atoms with Crippen molar-refractivity contribution in [3.8, 4) is 0 Å². The molecule has 0 aliphatic rings. The minimum Gasteiger partial charge on any atom is -0.322 e. The largest absolute Gasteiger partial charge is 0.432 e. The van der Waals surface area contributed by atoms with E-state index in [0.717, 1.165) is 20.0 Å². The summed E-state index contributed by atoms with van der Waals surface area (Å²) in [6.07, 6.45) is -11.3. The van der Waals surface area contributed by atoms with E-state index < -0.39 is 51.4 Å². The molecule has 220 valence electrons. The molecule has 0 radical (unpaired) electrons. The molecule has 2 N–H and O–H groups in total. The third-order valence-electron chi connectivity index (χ3n) is 5.64. The van der Waals surface area contributed by atoms with Gasteiger partial charge < -0.3 is 10.6 Å². The highest BCUT2D eigenvalue weighted by atomic mass is 32.2. The molecule has 0 atom stereocenters. The van der Waals surface area contributed by atoms with Crippen LogP contribution >= 0.6 is 0 Å². The summed E-state index contributed by atoms with van der Waals surface area (Å²) in [5.74, 6) is -2.77. The highest BCUT2D eigenvalue weighted by Crippen LogP contribution is 2.54. The molecule has 16 heteroatoms. The number of nitrogens with one attached hydrogen (secondary N) is 2. The van der Waals surface area contributed by atoms with Crippen molar-refractivity contribution < 1.29 is 52.9 Å². The summed E-state index contributed by atoms with van der Waals surface area (Å²) < 4.78 is 124.